The maximum absolute atomic E-state index is 13.2. The summed E-state index contributed by atoms with van der Waals surface area (Å²) in [7, 11) is 1.98. The van der Waals surface area contributed by atoms with Gasteiger partial charge in [0.15, 0.2) is 5.69 Å². The van der Waals surface area contributed by atoms with Gasteiger partial charge in [0.25, 0.3) is 5.91 Å². The van der Waals surface area contributed by atoms with Crippen LogP contribution < -0.4 is 5.32 Å². The Labute approximate surface area is 167 Å². The zero-order valence-electron chi connectivity index (χ0n) is 16.2. The zero-order valence-corrected chi connectivity index (χ0v) is 17.0. The molecular weight excluding hydrogens is 360 g/mol. The summed E-state index contributed by atoms with van der Waals surface area (Å²) in [6.07, 6.45) is 5.37. The fraction of sp³-hybridized carbons (Fsp3) is 0.524. The van der Waals surface area contributed by atoms with Crippen molar-refractivity contribution in [2.45, 2.75) is 39.0 Å². The van der Waals surface area contributed by atoms with Crippen LogP contribution in [0.5, 0.6) is 0 Å². The second kappa shape index (κ2) is 8.44. The lowest BCUT2D eigenvalue weighted by molar-refractivity contribution is 0.0779. The molecule has 1 amide bonds. The Bertz CT molecular complexity index is 799. The Morgan fingerprint density at radius 2 is 1.96 bits per heavy atom. The first-order valence-electron chi connectivity index (χ1n) is 9.79. The first-order valence-corrected chi connectivity index (χ1v) is 9.79. The second-order valence-corrected chi connectivity index (χ2v) is 7.69. The van der Waals surface area contributed by atoms with Crippen molar-refractivity contribution in [3.05, 3.63) is 46.8 Å². The number of amides is 1. The van der Waals surface area contributed by atoms with Gasteiger partial charge in [0.2, 0.25) is 0 Å². The maximum Gasteiger partial charge on any atom is 0.274 e. The van der Waals surface area contributed by atoms with E-state index in [9.17, 15) is 4.79 Å². The van der Waals surface area contributed by atoms with E-state index in [0.717, 1.165) is 51.0 Å². The van der Waals surface area contributed by atoms with Crippen molar-refractivity contribution in [3.8, 4) is 5.69 Å². The highest BCUT2D eigenvalue weighted by atomic mass is 35.5. The van der Waals surface area contributed by atoms with Gasteiger partial charge in [-0.25, -0.2) is 4.68 Å². The normalized spacial score (nSPS) is 18.9. The molecule has 1 saturated heterocycles. The van der Waals surface area contributed by atoms with Gasteiger partial charge in [0.05, 0.1) is 5.69 Å². The third-order valence-corrected chi connectivity index (χ3v) is 5.73. The van der Waals surface area contributed by atoms with Crippen LogP contribution in [0, 0.1) is 12.8 Å². The smallest absolute Gasteiger partial charge is 0.274 e. The molecule has 4 rings (SSSR count). The summed E-state index contributed by atoms with van der Waals surface area (Å²) in [5.74, 6) is 0.673. The molecule has 1 atom stereocenters. The van der Waals surface area contributed by atoms with Crippen molar-refractivity contribution in [2.24, 2.45) is 5.92 Å². The highest BCUT2D eigenvalue weighted by Gasteiger charge is 2.32. The minimum atomic E-state index is 0. The van der Waals surface area contributed by atoms with E-state index in [1.807, 2.05) is 16.6 Å². The summed E-state index contributed by atoms with van der Waals surface area (Å²) >= 11 is 0. The van der Waals surface area contributed by atoms with Gasteiger partial charge in [0, 0.05) is 24.3 Å². The summed E-state index contributed by atoms with van der Waals surface area (Å²) < 4.78 is 2.02. The van der Waals surface area contributed by atoms with Crippen LogP contribution in [0.3, 0.4) is 0 Å². The molecule has 1 fully saturated rings. The summed E-state index contributed by atoms with van der Waals surface area (Å²) in [6, 6.07) is 8.42. The molecule has 1 aromatic carbocycles. The Hall–Kier alpha value is -1.85. The van der Waals surface area contributed by atoms with Crippen LogP contribution in [0.25, 0.3) is 5.69 Å². The Kier molecular flexibility index (Phi) is 6.22. The van der Waals surface area contributed by atoms with E-state index in [1.165, 1.54) is 23.2 Å². The molecule has 2 heterocycles. The number of aromatic nitrogens is 2. The number of carbonyl (C=O) groups is 1. The molecule has 5 nitrogen and oxygen atoms in total. The van der Waals surface area contributed by atoms with Gasteiger partial charge in [0.1, 0.15) is 0 Å². The summed E-state index contributed by atoms with van der Waals surface area (Å²) in [6.45, 7) is 4.75. The third kappa shape index (κ3) is 3.90. The second-order valence-electron chi connectivity index (χ2n) is 7.69. The average molecular weight is 389 g/mol. The van der Waals surface area contributed by atoms with Gasteiger partial charge >= 0.3 is 0 Å². The van der Waals surface area contributed by atoms with Crippen LogP contribution in [-0.4, -0.2) is 47.3 Å². The molecular formula is C21H29ClN4O. The van der Waals surface area contributed by atoms with Gasteiger partial charge in [-0.2, -0.15) is 5.10 Å². The van der Waals surface area contributed by atoms with Gasteiger partial charge in [-0.3, -0.25) is 4.79 Å². The number of fused-ring (bicyclic) bond motifs is 1. The molecule has 1 aromatic heterocycles. The summed E-state index contributed by atoms with van der Waals surface area (Å²) in [5, 5.41) is 8.05. The molecule has 0 bridgehead atoms. The fourth-order valence-corrected chi connectivity index (χ4v) is 4.29. The first-order chi connectivity index (χ1) is 12.7. The molecule has 1 aliphatic heterocycles. The molecule has 27 heavy (non-hydrogen) atoms. The molecule has 1 unspecified atom stereocenters. The number of aryl methyl sites for hydroxylation is 1. The number of hydrogen-bond donors (Lipinski definition) is 1. The van der Waals surface area contributed by atoms with Crippen LogP contribution in [0.1, 0.15) is 46.6 Å². The quantitative estimate of drug-likeness (QED) is 0.875. The van der Waals surface area contributed by atoms with Crippen LogP contribution in [0.2, 0.25) is 0 Å². The molecule has 1 N–H and O–H groups in total. The predicted octanol–water partition coefficient (Wildman–Crippen LogP) is 3.16. The van der Waals surface area contributed by atoms with E-state index in [0.29, 0.717) is 11.6 Å². The minimum absolute atomic E-state index is 0. The van der Waals surface area contributed by atoms with Gasteiger partial charge < -0.3 is 10.2 Å². The molecule has 2 aliphatic rings. The third-order valence-electron chi connectivity index (χ3n) is 5.73. The fourth-order valence-electron chi connectivity index (χ4n) is 4.29. The number of hydrogen-bond acceptors (Lipinski definition) is 3. The molecule has 146 valence electrons. The van der Waals surface area contributed by atoms with Crippen molar-refractivity contribution in [3.63, 3.8) is 0 Å². The molecule has 0 radical (unpaired) electrons. The van der Waals surface area contributed by atoms with E-state index in [-0.39, 0.29) is 18.3 Å². The summed E-state index contributed by atoms with van der Waals surface area (Å²) in [4.78, 5) is 15.2. The van der Waals surface area contributed by atoms with Crippen molar-refractivity contribution >= 4 is 18.3 Å². The van der Waals surface area contributed by atoms with E-state index < -0.39 is 0 Å². The number of nitrogens with zero attached hydrogens (tertiary/aromatic N) is 3. The number of halogens is 1. The number of benzene rings is 1. The standard InChI is InChI=1S/C21H28N4O.ClH/c1-15-7-9-17(10-8-15)25-19-6-4-3-5-18(19)20(23-25)21(26)24-12-11-16(14-24)13-22-2;/h7-10,16,22H,3-6,11-14H2,1-2H3;1H. The molecule has 1 aliphatic carbocycles. The van der Waals surface area contributed by atoms with Crippen LogP contribution in [-0.2, 0) is 12.8 Å². The number of rotatable bonds is 4. The largest absolute Gasteiger partial charge is 0.337 e. The number of carbonyl (C=O) groups excluding carboxylic acids is 1. The Morgan fingerprint density at radius 3 is 2.70 bits per heavy atom. The van der Waals surface area contributed by atoms with Crippen LogP contribution in [0.15, 0.2) is 24.3 Å². The predicted molar refractivity (Wildman–Crippen MR) is 110 cm³/mol. The van der Waals surface area contributed by atoms with Crippen molar-refractivity contribution < 1.29 is 4.79 Å². The van der Waals surface area contributed by atoms with E-state index >= 15 is 0 Å². The first kappa shape index (κ1) is 19.9. The van der Waals surface area contributed by atoms with E-state index in [2.05, 4.69) is 36.5 Å². The maximum atomic E-state index is 13.2. The lowest BCUT2D eigenvalue weighted by Crippen LogP contribution is -2.31. The van der Waals surface area contributed by atoms with Crippen LogP contribution >= 0.6 is 12.4 Å². The monoisotopic (exact) mass is 388 g/mol. The van der Waals surface area contributed by atoms with Gasteiger partial charge in [-0.05, 0) is 70.7 Å². The van der Waals surface area contributed by atoms with Gasteiger partial charge in [-0.15, -0.1) is 12.4 Å². The van der Waals surface area contributed by atoms with Crippen molar-refractivity contribution in [1.29, 1.82) is 0 Å². The Morgan fingerprint density at radius 1 is 1.22 bits per heavy atom. The highest BCUT2D eigenvalue weighted by molar-refractivity contribution is 5.94. The van der Waals surface area contributed by atoms with E-state index in [4.69, 9.17) is 5.10 Å². The SMILES string of the molecule is CNCC1CCN(C(=O)c2nn(-c3ccc(C)cc3)c3c2CCCC3)C1.Cl. The highest BCUT2D eigenvalue weighted by Crippen LogP contribution is 2.29. The Balaban J connectivity index is 0.00000210. The molecule has 2 aromatic rings. The average Bonchev–Trinajstić information content (AvgIpc) is 3.27. The molecule has 6 heteroatoms. The molecule has 0 saturated carbocycles. The van der Waals surface area contributed by atoms with Crippen molar-refractivity contribution in [2.75, 3.05) is 26.7 Å². The lowest BCUT2D eigenvalue weighted by atomic mass is 9.95. The van der Waals surface area contributed by atoms with E-state index in [1.54, 1.807) is 0 Å². The zero-order chi connectivity index (χ0) is 18.1. The van der Waals surface area contributed by atoms with Crippen molar-refractivity contribution in [1.82, 2.24) is 20.0 Å². The minimum Gasteiger partial charge on any atom is -0.337 e. The summed E-state index contributed by atoms with van der Waals surface area (Å²) in [5.41, 5.74) is 5.39. The number of likely N-dealkylation sites (tertiary alicyclic amines) is 1. The molecule has 0 spiro atoms. The van der Waals surface area contributed by atoms with Crippen LogP contribution in [0.4, 0.5) is 0 Å². The lowest BCUT2D eigenvalue weighted by Gasteiger charge is -2.17. The number of nitrogens with one attached hydrogen (secondary N) is 1. The topological polar surface area (TPSA) is 50.2 Å². The van der Waals surface area contributed by atoms with Gasteiger partial charge in [-0.1, -0.05) is 17.7 Å².